The van der Waals surface area contributed by atoms with E-state index in [-0.39, 0.29) is 24.3 Å². The average molecular weight is 342 g/mol. The van der Waals surface area contributed by atoms with Crippen molar-refractivity contribution in [3.8, 4) is 0 Å². The molecule has 7 heteroatoms. The highest BCUT2D eigenvalue weighted by molar-refractivity contribution is 5.82. The van der Waals surface area contributed by atoms with Crippen LogP contribution in [0.1, 0.15) is 31.9 Å². The van der Waals surface area contributed by atoms with Gasteiger partial charge in [0.25, 0.3) is 0 Å². The average Bonchev–Trinajstić information content (AvgIpc) is 2.93. The Morgan fingerprint density at radius 2 is 1.83 bits per heavy atom. The van der Waals surface area contributed by atoms with Crippen LogP contribution in [0.2, 0.25) is 0 Å². The molecule has 0 spiro atoms. The van der Waals surface area contributed by atoms with Gasteiger partial charge in [-0.15, -0.1) is 0 Å². The van der Waals surface area contributed by atoms with Crippen LogP contribution in [0.15, 0.2) is 30.3 Å². The Hall–Kier alpha value is -2.05. The number of hydrogen-bond donors (Lipinski definition) is 0. The SMILES string of the molecule is C[C@H](c1ccccc1)N1C[C@@H]([C@H](C)N(C)C(=O)C(F)(F)F)CC1=O. The number of nitrogens with zero attached hydrogens (tertiary/aromatic N) is 2. The Morgan fingerprint density at radius 1 is 1.25 bits per heavy atom. The molecule has 0 aromatic heterocycles. The molecule has 1 aliphatic heterocycles. The van der Waals surface area contributed by atoms with Crippen molar-refractivity contribution in [1.29, 1.82) is 0 Å². The number of carbonyl (C=O) groups is 2. The maximum atomic E-state index is 12.6. The van der Waals surface area contributed by atoms with Gasteiger partial charge in [0.05, 0.1) is 6.04 Å². The van der Waals surface area contributed by atoms with Gasteiger partial charge >= 0.3 is 12.1 Å². The van der Waals surface area contributed by atoms with E-state index in [0.29, 0.717) is 11.4 Å². The lowest BCUT2D eigenvalue weighted by Crippen LogP contribution is -2.46. The summed E-state index contributed by atoms with van der Waals surface area (Å²) in [4.78, 5) is 26.0. The summed E-state index contributed by atoms with van der Waals surface area (Å²) in [5.74, 6) is -2.30. The van der Waals surface area contributed by atoms with E-state index in [1.807, 2.05) is 37.3 Å². The molecule has 2 amide bonds. The lowest BCUT2D eigenvalue weighted by Gasteiger charge is -2.31. The maximum Gasteiger partial charge on any atom is 0.471 e. The second kappa shape index (κ2) is 6.83. The minimum absolute atomic E-state index is 0.101. The minimum Gasteiger partial charge on any atom is -0.336 e. The summed E-state index contributed by atoms with van der Waals surface area (Å²) in [5.41, 5.74) is 0.971. The van der Waals surface area contributed by atoms with Crippen molar-refractivity contribution >= 4 is 11.8 Å². The van der Waals surface area contributed by atoms with Gasteiger partial charge in [0.15, 0.2) is 0 Å². The highest BCUT2D eigenvalue weighted by atomic mass is 19.4. The van der Waals surface area contributed by atoms with Crippen molar-refractivity contribution < 1.29 is 22.8 Å². The third-order valence-corrected chi connectivity index (χ3v) is 4.79. The summed E-state index contributed by atoms with van der Waals surface area (Å²) in [5, 5.41) is 0. The summed E-state index contributed by atoms with van der Waals surface area (Å²) in [7, 11) is 1.13. The zero-order chi connectivity index (χ0) is 18.1. The largest absolute Gasteiger partial charge is 0.471 e. The monoisotopic (exact) mass is 342 g/mol. The van der Waals surface area contributed by atoms with Crippen LogP contribution in [-0.4, -0.2) is 47.4 Å². The highest BCUT2D eigenvalue weighted by Gasteiger charge is 2.45. The molecule has 1 heterocycles. The van der Waals surface area contributed by atoms with Gasteiger partial charge < -0.3 is 9.80 Å². The molecule has 3 atom stereocenters. The van der Waals surface area contributed by atoms with E-state index in [1.165, 1.54) is 0 Å². The van der Waals surface area contributed by atoms with E-state index >= 15 is 0 Å². The van der Waals surface area contributed by atoms with Crippen LogP contribution in [0.5, 0.6) is 0 Å². The van der Waals surface area contributed by atoms with E-state index in [2.05, 4.69) is 0 Å². The lowest BCUT2D eigenvalue weighted by molar-refractivity contribution is -0.186. The second-order valence-electron chi connectivity index (χ2n) is 6.25. The summed E-state index contributed by atoms with van der Waals surface area (Å²) >= 11 is 0. The first-order valence-corrected chi connectivity index (χ1v) is 7.81. The Kier molecular flexibility index (Phi) is 5.20. The fourth-order valence-electron chi connectivity index (χ4n) is 3.07. The van der Waals surface area contributed by atoms with Crippen LogP contribution in [0.3, 0.4) is 0 Å². The van der Waals surface area contributed by atoms with Crippen LogP contribution >= 0.6 is 0 Å². The molecule has 1 aliphatic rings. The Balaban J connectivity index is 2.07. The number of carbonyl (C=O) groups excluding carboxylic acids is 2. The normalized spacial score (nSPS) is 20.8. The molecule has 1 saturated heterocycles. The molecule has 1 fully saturated rings. The van der Waals surface area contributed by atoms with Gasteiger partial charge in [-0.05, 0) is 19.4 Å². The fourth-order valence-corrected chi connectivity index (χ4v) is 3.07. The first-order chi connectivity index (χ1) is 11.1. The molecule has 0 aliphatic carbocycles. The first kappa shape index (κ1) is 18.3. The van der Waals surface area contributed by atoms with E-state index < -0.39 is 18.1 Å². The van der Waals surface area contributed by atoms with Crippen molar-refractivity contribution in [1.82, 2.24) is 9.80 Å². The fraction of sp³-hybridized carbons (Fsp3) is 0.529. The topological polar surface area (TPSA) is 40.6 Å². The van der Waals surface area contributed by atoms with Gasteiger partial charge in [-0.2, -0.15) is 13.2 Å². The second-order valence-corrected chi connectivity index (χ2v) is 6.25. The van der Waals surface area contributed by atoms with Crippen molar-refractivity contribution in [3.05, 3.63) is 35.9 Å². The van der Waals surface area contributed by atoms with Gasteiger partial charge in [-0.1, -0.05) is 30.3 Å². The van der Waals surface area contributed by atoms with E-state index in [9.17, 15) is 22.8 Å². The van der Waals surface area contributed by atoms with Gasteiger partial charge in [-0.25, -0.2) is 0 Å². The van der Waals surface area contributed by atoms with E-state index in [0.717, 1.165) is 12.6 Å². The smallest absolute Gasteiger partial charge is 0.336 e. The van der Waals surface area contributed by atoms with Crippen molar-refractivity contribution in [3.63, 3.8) is 0 Å². The number of rotatable bonds is 4. The summed E-state index contributed by atoms with van der Waals surface area (Å²) in [6.07, 6.45) is -4.75. The number of halogens is 3. The lowest BCUT2D eigenvalue weighted by atomic mass is 9.99. The predicted octanol–water partition coefficient (Wildman–Crippen LogP) is 3.01. The van der Waals surface area contributed by atoms with Crippen LogP contribution in [0, 0.1) is 5.92 Å². The molecule has 1 aromatic rings. The van der Waals surface area contributed by atoms with Gasteiger partial charge in [0.1, 0.15) is 0 Å². The molecule has 0 saturated carbocycles. The summed E-state index contributed by atoms with van der Waals surface area (Å²) in [6.45, 7) is 3.79. The highest BCUT2D eigenvalue weighted by Crippen LogP contribution is 2.32. The van der Waals surface area contributed by atoms with Gasteiger partial charge in [0, 0.05) is 32.0 Å². The number of benzene rings is 1. The molecule has 0 bridgehead atoms. The molecule has 4 nitrogen and oxygen atoms in total. The van der Waals surface area contributed by atoms with Crippen LogP contribution in [-0.2, 0) is 9.59 Å². The molecule has 0 unspecified atom stereocenters. The zero-order valence-electron chi connectivity index (χ0n) is 13.9. The van der Waals surface area contributed by atoms with Crippen molar-refractivity contribution in [2.24, 2.45) is 5.92 Å². The van der Waals surface area contributed by atoms with Gasteiger partial charge in [0.2, 0.25) is 5.91 Å². The standard InChI is InChI=1S/C17H21F3N2O2/c1-11(21(3)16(24)17(18,19)20)14-9-15(23)22(10-14)12(2)13-7-5-4-6-8-13/h4-8,11-12,14H,9-10H2,1-3H3/t11-,12+,14-/m0/s1. The van der Waals surface area contributed by atoms with Gasteiger partial charge in [-0.3, -0.25) is 9.59 Å². The number of likely N-dealkylation sites (tertiary alicyclic amines) is 1. The Labute approximate surface area is 139 Å². The minimum atomic E-state index is -4.90. The number of hydrogen-bond acceptors (Lipinski definition) is 2. The quantitative estimate of drug-likeness (QED) is 0.844. The third-order valence-electron chi connectivity index (χ3n) is 4.79. The molecule has 0 radical (unpaired) electrons. The van der Waals surface area contributed by atoms with E-state index in [4.69, 9.17) is 0 Å². The molecule has 2 rings (SSSR count). The zero-order valence-corrected chi connectivity index (χ0v) is 13.9. The maximum absolute atomic E-state index is 12.6. The van der Waals surface area contributed by atoms with Crippen LogP contribution < -0.4 is 0 Å². The predicted molar refractivity (Wildman–Crippen MR) is 83.0 cm³/mol. The van der Waals surface area contributed by atoms with E-state index in [1.54, 1.807) is 11.8 Å². The Bertz CT molecular complexity index is 604. The molecule has 24 heavy (non-hydrogen) atoms. The first-order valence-electron chi connectivity index (χ1n) is 7.81. The van der Waals surface area contributed by atoms with Crippen molar-refractivity contribution in [2.45, 2.75) is 38.5 Å². The summed E-state index contributed by atoms with van der Waals surface area (Å²) < 4.78 is 37.7. The van der Waals surface area contributed by atoms with Crippen LogP contribution in [0.25, 0.3) is 0 Å². The Morgan fingerprint density at radius 3 is 2.38 bits per heavy atom. The molecule has 0 N–H and O–H groups in total. The number of alkyl halides is 3. The summed E-state index contributed by atoms with van der Waals surface area (Å²) in [6, 6.07) is 8.63. The number of amides is 2. The van der Waals surface area contributed by atoms with Crippen molar-refractivity contribution in [2.75, 3.05) is 13.6 Å². The molecule has 1 aromatic carbocycles. The molecular formula is C17H21F3N2O2. The van der Waals surface area contributed by atoms with Crippen LogP contribution in [0.4, 0.5) is 13.2 Å². The molecule has 132 valence electrons. The third kappa shape index (κ3) is 3.71. The molecular weight excluding hydrogens is 321 g/mol.